The lowest BCUT2D eigenvalue weighted by Crippen LogP contribution is -2.40. The topological polar surface area (TPSA) is 84.4 Å². The van der Waals surface area contributed by atoms with E-state index >= 15 is 0 Å². The van der Waals surface area contributed by atoms with Crippen LogP contribution in [0.5, 0.6) is 11.5 Å². The summed E-state index contributed by atoms with van der Waals surface area (Å²) in [5.41, 5.74) is 11.7. The van der Waals surface area contributed by atoms with E-state index in [9.17, 15) is 5.26 Å². The minimum atomic E-state index is 0.323. The predicted molar refractivity (Wildman–Crippen MR) is 98.7 cm³/mol. The largest absolute Gasteiger partial charge is 0.486 e. The second-order valence-corrected chi connectivity index (χ2v) is 7.16. The molecule has 132 valence electrons. The molecule has 26 heavy (non-hydrogen) atoms. The number of rotatable bonds is 1. The van der Waals surface area contributed by atoms with Crippen LogP contribution in [0.2, 0.25) is 0 Å². The van der Waals surface area contributed by atoms with Crippen LogP contribution in [0, 0.1) is 18.3 Å². The summed E-state index contributed by atoms with van der Waals surface area (Å²) >= 11 is 0. The van der Waals surface area contributed by atoms with Crippen LogP contribution < -0.4 is 20.1 Å². The van der Waals surface area contributed by atoms with Gasteiger partial charge in [-0.15, -0.1) is 0 Å². The van der Waals surface area contributed by atoms with Crippen molar-refractivity contribution in [1.29, 1.82) is 5.26 Å². The minimum absolute atomic E-state index is 0.323. The number of aromatic nitrogens is 1. The van der Waals surface area contributed by atoms with Crippen LogP contribution >= 0.6 is 0 Å². The Bertz CT molecular complexity index is 956. The van der Waals surface area contributed by atoms with Crippen LogP contribution in [0.25, 0.3) is 11.1 Å². The standard InChI is InChI=1S/C20H20N4O2/c1-11-8-15-16(26-7-6-25-15)9-13(11)17-14(10-21)20(22)23-18-12-2-4-24(5-3-12)19(17)18/h8-9,12H,2-7H2,1H3,(H2,22,23). The smallest absolute Gasteiger partial charge is 0.161 e. The number of aryl methyl sites for hydroxylation is 1. The van der Waals surface area contributed by atoms with Gasteiger partial charge < -0.3 is 20.1 Å². The first-order valence-electron chi connectivity index (χ1n) is 9.06. The molecule has 0 spiro atoms. The summed E-state index contributed by atoms with van der Waals surface area (Å²) in [6, 6.07) is 6.27. The lowest BCUT2D eigenvalue weighted by atomic mass is 9.82. The van der Waals surface area contributed by atoms with E-state index in [-0.39, 0.29) is 0 Å². The van der Waals surface area contributed by atoms with E-state index in [2.05, 4.69) is 16.0 Å². The Morgan fingerprint density at radius 1 is 1.19 bits per heavy atom. The summed E-state index contributed by atoms with van der Waals surface area (Å²) in [5, 5.41) is 9.82. The first-order chi connectivity index (χ1) is 12.7. The van der Waals surface area contributed by atoms with E-state index in [1.54, 1.807) is 0 Å². The van der Waals surface area contributed by atoms with Gasteiger partial charge in [0.2, 0.25) is 0 Å². The van der Waals surface area contributed by atoms with Gasteiger partial charge in [-0.05, 0) is 43.0 Å². The van der Waals surface area contributed by atoms with Gasteiger partial charge in [0, 0.05) is 24.6 Å². The van der Waals surface area contributed by atoms with E-state index in [1.807, 2.05) is 19.1 Å². The third-order valence-corrected chi connectivity index (χ3v) is 5.69. The summed E-state index contributed by atoms with van der Waals surface area (Å²) in [7, 11) is 0. The number of ether oxygens (including phenoxy) is 2. The van der Waals surface area contributed by atoms with E-state index < -0.39 is 0 Å². The Morgan fingerprint density at radius 3 is 2.58 bits per heavy atom. The van der Waals surface area contributed by atoms with Crippen molar-refractivity contribution >= 4 is 11.5 Å². The molecule has 1 saturated heterocycles. The van der Waals surface area contributed by atoms with Crippen LogP contribution in [0.15, 0.2) is 12.1 Å². The Labute approximate surface area is 152 Å². The zero-order valence-electron chi connectivity index (χ0n) is 14.7. The summed E-state index contributed by atoms with van der Waals surface area (Å²) in [4.78, 5) is 6.98. The number of benzene rings is 1. The molecule has 1 fully saturated rings. The van der Waals surface area contributed by atoms with Gasteiger partial charge in [0.05, 0.1) is 11.4 Å². The lowest BCUT2D eigenvalue weighted by molar-refractivity contribution is 0.171. The number of piperidine rings is 1. The maximum absolute atomic E-state index is 9.82. The molecule has 6 heteroatoms. The molecule has 0 aliphatic carbocycles. The third-order valence-electron chi connectivity index (χ3n) is 5.69. The van der Waals surface area contributed by atoms with Gasteiger partial charge in [0.15, 0.2) is 11.5 Å². The van der Waals surface area contributed by atoms with Crippen molar-refractivity contribution in [1.82, 2.24) is 4.98 Å². The van der Waals surface area contributed by atoms with Crippen LogP contribution in [-0.4, -0.2) is 31.3 Å². The van der Waals surface area contributed by atoms with Gasteiger partial charge in [-0.1, -0.05) is 0 Å². The Kier molecular flexibility index (Phi) is 3.26. The molecule has 4 aliphatic rings. The third kappa shape index (κ3) is 2.07. The van der Waals surface area contributed by atoms with Crippen molar-refractivity contribution in [2.24, 2.45) is 0 Å². The summed E-state index contributed by atoms with van der Waals surface area (Å²) in [6.07, 6.45) is 2.20. The molecule has 1 aromatic heterocycles. The first kappa shape index (κ1) is 15.3. The number of nitrogens with two attached hydrogens (primary N) is 1. The van der Waals surface area contributed by atoms with Crippen LogP contribution in [0.1, 0.15) is 35.6 Å². The van der Waals surface area contributed by atoms with Crippen molar-refractivity contribution in [3.05, 3.63) is 29.0 Å². The number of hydrogen-bond donors (Lipinski definition) is 1. The zero-order chi connectivity index (χ0) is 17.8. The highest BCUT2D eigenvalue weighted by atomic mass is 16.6. The number of nitrogen functional groups attached to an aromatic ring is 1. The highest BCUT2D eigenvalue weighted by molar-refractivity contribution is 5.91. The zero-order valence-corrected chi connectivity index (χ0v) is 14.7. The minimum Gasteiger partial charge on any atom is -0.486 e. The molecule has 0 amide bonds. The maximum atomic E-state index is 9.82. The second kappa shape index (κ2) is 5.53. The molecule has 0 saturated carbocycles. The van der Waals surface area contributed by atoms with Crippen molar-refractivity contribution in [2.45, 2.75) is 25.7 Å². The maximum Gasteiger partial charge on any atom is 0.161 e. The van der Waals surface area contributed by atoms with Crippen molar-refractivity contribution < 1.29 is 9.47 Å². The van der Waals surface area contributed by atoms with Crippen LogP contribution in [-0.2, 0) is 0 Å². The van der Waals surface area contributed by atoms with Crippen molar-refractivity contribution in [2.75, 3.05) is 36.9 Å². The summed E-state index contributed by atoms with van der Waals surface area (Å²) in [6.45, 7) is 5.14. The van der Waals surface area contributed by atoms with Gasteiger partial charge in [-0.25, -0.2) is 4.98 Å². The quantitative estimate of drug-likeness (QED) is 0.853. The van der Waals surface area contributed by atoms with E-state index in [0.29, 0.717) is 30.5 Å². The van der Waals surface area contributed by atoms with Crippen LogP contribution in [0.4, 0.5) is 11.5 Å². The number of fused-ring (bicyclic) bond motifs is 3. The predicted octanol–water partition coefficient (Wildman–Crippen LogP) is 2.98. The Hall–Kier alpha value is -2.94. The van der Waals surface area contributed by atoms with Gasteiger partial charge in [-0.2, -0.15) is 5.26 Å². The van der Waals surface area contributed by atoms with E-state index in [4.69, 9.17) is 15.2 Å². The number of nitriles is 1. The van der Waals surface area contributed by atoms with E-state index in [1.165, 1.54) is 0 Å². The fourth-order valence-corrected chi connectivity index (χ4v) is 4.43. The van der Waals surface area contributed by atoms with Crippen LogP contribution in [0.3, 0.4) is 0 Å². The molecule has 0 atom stereocenters. The number of pyridine rings is 1. The normalized spacial score (nSPS) is 17.8. The molecule has 4 aliphatic heterocycles. The van der Waals surface area contributed by atoms with Crippen molar-refractivity contribution in [3.63, 3.8) is 0 Å². The molecule has 2 N–H and O–H groups in total. The fourth-order valence-electron chi connectivity index (χ4n) is 4.43. The SMILES string of the molecule is Cc1cc2c(cc1-c1c(C#N)c(N)nc3c1N1CCC3CC1)OCCO2. The molecular formula is C20H20N4O2. The average molecular weight is 348 g/mol. The first-order valence-corrected chi connectivity index (χ1v) is 9.06. The number of anilines is 2. The van der Waals surface area contributed by atoms with Gasteiger partial charge >= 0.3 is 0 Å². The Balaban J connectivity index is 1.81. The highest BCUT2D eigenvalue weighted by Gasteiger charge is 2.36. The summed E-state index contributed by atoms with van der Waals surface area (Å²) < 4.78 is 11.5. The average Bonchev–Trinajstić information content (AvgIpc) is 2.67. The molecule has 2 aromatic rings. The molecule has 1 aromatic carbocycles. The van der Waals surface area contributed by atoms with E-state index in [0.717, 1.165) is 65.5 Å². The molecule has 5 heterocycles. The van der Waals surface area contributed by atoms with Gasteiger partial charge in [0.1, 0.15) is 30.7 Å². The molecule has 0 unspecified atom stereocenters. The summed E-state index contributed by atoms with van der Waals surface area (Å²) in [5.74, 6) is 2.24. The van der Waals surface area contributed by atoms with Gasteiger partial charge in [0.25, 0.3) is 0 Å². The monoisotopic (exact) mass is 348 g/mol. The molecule has 0 radical (unpaired) electrons. The molecule has 6 nitrogen and oxygen atoms in total. The fraction of sp³-hybridized carbons (Fsp3) is 0.400. The van der Waals surface area contributed by atoms with Gasteiger partial charge in [-0.3, -0.25) is 0 Å². The number of hydrogen-bond acceptors (Lipinski definition) is 6. The molecule has 6 rings (SSSR count). The highest BCUT2D eigenvalue weighted by Crippen LogP contribution is 2.50. The Morgan fingerprint density at radius 2 is 1.88 bits per heavy atom. The molecular weight excluding hydrogens is 328 g/mol. The molecule has 2 bridgehead atoms. The van der Waals surface area contributed by atoms with Crippen molar-refractivity contribution in [3.8, 4) is 28.7 Å². The second-order valence-electron chi connectivity index (χ2n) is 7.16. The number of nitrogens with zero attached hydrogens (tertiary/aromatic N) is 3. The lowest BCUT2D eigenvalue weighted by Gasteiger charge is -2.43.